The minimum absolute atomic E-state index is 0.0334. The summed E-state index contributed by atoms with van der Waals surface area (Å²) in [5, 5.41) is 2.01. The van der Waals surface area contributed by atoms with Gasteiger partial charge in [-0.3, -0.25) is 24.0 Å². The van der Waals surface area contributed by atoms with E-state index in [9.17, 15) is 49.5 Å². The Morgan fingerprint density at radius 3 is 2.36 bits per heavy atom. The Labute approximate surface area is 303 Å². The van der Waals surface area contributed by atoms with Gasteiger partial charge in [0.05, 0.1) is 23.9 Å². The van der Waals surface area contributed by atoms with Crippen LogP contribution < -0.4 is 10.0 Å². The molecule has 4 amide bonds. The first-order valence-electron chi connectivity index (χ1n) is 17.6. The Hall–Kier alpha value is -4.28. The van der Waals surface area contributed by atoms with E-state index in [1.807, 2.05) is 0 Å². The number of nitrogens with zero attached hydrogens (tertiary/aromatic N) is 2. The lowest BCUT2D eigenvalue weighted by molar-refractivity contribution is -0.143. The summed E-state index contributed by atoms with van der Waals surface area (Å²) in [5.74, 6) is -6.18. The van der Waals surface area contributed by atoms with Crippen LogP contribution in [0.1, 0.15) is 75.1 Å². The summed E-state index contributed by atoms with van der Waals surface area (Å²) in [4.78, 5) is 57.6. The Morgan fingerprint density at radius 1 is 1.04 bits per heavy atom. The third-order valence-corrected chi connectivity index (χ3v) is 12.6. The van der Waals surface area contributed by atoms with Crippen LogP contribution in [0.15, 0.2) is 36.4 Å². The van der Waals surface area contributed by atoms with Crippen LogP contribution >= 0.6 is 0 Å². The van der Waals surface area contributed by atoms with Crippen molar-refractivity contribution < 1.29 is 54.3 Å². The zero-order chi connectivity index (χ0) is 38.6. The summed E-state index contributed by atoms with van der Waals surface area (Å²) >= 11 is 0. The molecule has 0 spiro atoms. The number of sulfonamides is 1. The van der Waals surface area contributed by atoms with Crippen LogP contribution in [0.4, 0.5) is 26.7 Å². The number of amides is 4. The maximum absolute atomic E-state index is 14.4. The van der Waals surface area contributed by atoms with E-state index in [0.717, 1.165) is 6.07 Å². The van der Waals surface area contributed by atoms with E-state index >= 15 is 0 Å². The van der Waals surface area contributed by atoms with Gasteiger partial charge in [0.2, 0.25) is 21.8 Å². The van der Waals surface area contributed by atoms with Gasteiger partial charge in [0.1, 0.15) is 29.3 Å². The highest BCUT2D eigenvalue weighted by Crippen LogP contribution is 2.47. The molecular weight excluding hydrogens is 727 g/mol. The lowest BCUT2D eigenvalue weighted by Gasteiger charge is -2.31. The minimum atomic E-state index is -4.98. The topological polar surface area (TPSA) is 142 Å². The summed E-state index contributed by atoms with van der Waals surface area (Å²) in [7, 11) is -3.95. The fourth-order valence-corrected chi connectivity index (χ4v) is 8.75. The largest absolute Gasteiger partial charge is 0.444 e. The van der Waals surface area contributed by atoms with Crippen molar-refractivity contribution in [3.8, 4) is 0 Å². The SMILES string of the molecule is CC[C@@H]1C[C@]1(NC(=O)[C@@H]1C[C@@H](OC(=O)N2Cc3cccc(F)c3C2)CN1C(=O)[C@@H](Cc1ccc(F)c(C(F)(F)F)c1)C(C)C)C(=O)NS(=O)(=O)C1CC1. The fraction of sp³-hybridized carbons (Fsp3) is 0.556. The van der Waals surface area contributed by atoms with Gasteiger partial charge >= 0.3 is 12.3 Å². The van der Waals surface area contributed by atoms with Gasteiger partial charge in [-0.2, -0.15) is 13.2 Å². The Morgan fingerprint density at radius 2 is 1.75 bits per heavy atom. The van der Waals surface area contributed by atoms with Crippen molar-refractivity contribution in [3.63, 3.8) is 0 Å². The van der Waals surface area contributed by atoms with Crippen molar-refractivity contribution in [1.82, 2.24) is 19.8 Å². The van der Waals surface area contributed by atoms with Gasteiger partial charge in [0.15, 0.2) is 0 Å². The first-order chi connectivity index (χ1) is 24.8. The molecule has 17 heteroatoms. The van der Waals surface area contributed by atoms with Crippen LogP contribution in [0.5, 0.6) is 0 Å². The van der Waals surface area contributed by atoms with Crippen LogP contribution in [0, 0.1) is 29.4 Å². The van der Waals surface area contributed by atoms with Crippen LogP contribution in [0.25, 0.3) is 0 Å². The number of halogens is 5. The third-order valence-electron chi connectivity index (χ3n) is 10.8. The summed E-state index contributed by atoms with van der Waals surface area (Å²) in [6, 6.07) is 5.62. The Kier molecular flexibility index (Phi) is 10.3. The molecule has 0 bridgehead atoms. The highest BCUT2D eigenvalue weighted by atomic mass is 32.2. The molecule has 2 heterocycles. The Balaban J connectivity index is 1.24. The average Bonchev–Trinajstić information content (AvgIpc) is 3.97. The predicted octanol–water partition coefficient (Wildman–Crippen LogP) is 4.81. The number of hydrogen-bond donors (Lipinski definition) is 2. The van der Waals surface area contributed by atoms with Crippen molar-refractivity contribution in [1.29, 1.82) is 0 Å². The van der Waals surface area contributed by atoms with Crippen molar-refractivity contribution in [2.75, 3.05) is 6.54 Å². The first-order valence-corrected chi connectivity index (χ1v) is 19.1. The van der Waals surface area contributed by atoms with E-state index in [0.29, 0.717) is 42.5 Å². The lowest BCUT2D eigenvalue weighted by Crippen LogP contribution is -2.57. The molecule has 2 aliphatic heterocycles. The standard InChI is InChI=1S/C36H41F5N4O7S/c1-4-22-15-35(22,33(48)43-53(50,51)24-9-10-24)42-31(46)30-14-23(52-34(49)44-16-21-6-5-7-28(37)26(21)18-44)17-45(30)32(47)25(19(2)3)12-20-8-11-29(38)27(13-20)36(39,40)41/h5-8,11,13,19,22-25,30H,4,9-10,12,14-18H2,1-3H3,(H,42,46)(H,43,48)/t22-,23-,25+,30+,35-/m1/s1. The molecular formula is C36H41F5N4O7S. The monoisotopic (exact) mass is 768 g/mol. The van der Waals surface area contributed by atoms with Crippen LogP contribution in [-0.4, -0.2) is 71.5 Å². The van der Waals surface area contributed by atoms with Crippen LogP contribution in [0.2, 0.25) is 0 Å². The molecule has 2 aliphatic carbocycles. The second-order valence-corrected chi connectivity index (χ2v) is 16.8. The molecule has 2 saturated carbocycles. The number of fused-ring (bicyclic) bond motifs is 1. The first kappa shape index (κ1) is 38.4. The Bertz CT molecular complexity index is 1920. The van der Waals surface area contributed by atoms with E-state index < -0.39 is 97.9 Å². The maximum Gasteiger partial charge on any atom is 0.419 e. The molecule has 6 rings (SSSR count). The van der Waals surface area contributed by atoms with Gasteiger partial charge < -0.3 is 15.0 Å². The van der Waals surface area contributed by atoms with Crippen molar-refractivity contribution in [2.24, 2.45) is 17.8 Å². The van der Waals surface area contributed by atoms with Crippen molar-refractivity contribution in [2.45, 2.75) is 101 Å². The van der Waals surface area contributed by atoms with Crippen molar-refractivity contribution in [3.05, 3.63) is 70.3 Å². The highest BCUT2D eigenvalue weighted by Gasteiger charge is 2.62. The van der Waals surface area contributed by atoms with Crippen LogP contribution in [-0.2, 0) is 54.8 Å². The molecule has 53 heavy (non-hydrogen) atoms. The smallest absolute Gasteiger partial charge is 0.419 e. The van der Waals surface area contributed by atoms with Gasteiger partial charge in [-0.05, 0) is 66.8 Å². The molecule has 4 aliphatic rings. The van der Waals surface area contributed by atoms with Gasteiger partial charge in [-0.25, -0.2) is 22.0 Å². The molecule has 2 N–H and O–H groups in total. The molecule has 2 aromatic rings. The average molecular weight is 769 g/mol. The van der Waals surface area contributed by atoms with E-state index in [2.05, 4.69) is 10.0 Å². The normalized spacial score (nSPS) is 24.5. The molecule has 1 saturated heterocycles. The molecule has 5 atom stereocenters. The lowest BCUT2D eigenvalue weighted by atomic mass is 9.87. The minimum Gasteiger partial charge on any atom is -0.444 e. The number of ether oxygens (including phenoxy) is 1. The number of hydrogen-bond acceptors (Lipinski definition) is 7. The van der Waals surface area contributed by atoms with E-state index in [4.69, 9.17) is 4.74 Å². The number of alkyl halides is 3. The summed E-state index contributed by atoms with van der Waals surface area (Å²) in [6.07, 6.45) is -5.92. The number of carbonyl (C=O) groups excluding carboxylic acids is 4. The second kappa shape index (κ2) is 14.2. The fourth-order valence-electron chi connectivity index (χ4n) is 7.39. The molecule has 0 aromatic heterocycles. The molecule has 11 nitrogen and oxygen atoms in total. The van der Waals surface area contributed by atoms with E-state index in [1.165, 1.54) is 21.9 Å². The predicted molar refractivity (Wildman–Crippen MR) is 179 cm³/mol. The zero-order valence-corrected chi connectivity index (χ0v) is 30.2. The summed E-state index contributed by atoms with van der Waals surface area (Å²) < 4.78 is 102. The quantitative estimate of drug-likeness (QED) is 0.313. The number of carbonyl (C=O) groups is 4. The van der Waals surface area contributed by atoms with Gasteiger partial charge in [0.25, 0.3) is 5.91 Å². The van der Waals surface area contributed by atoms with Crippen molar-refractivity contribution >= 4 is 33.8 Å². The maximum atomic E-state index is 14.4. The van der Waals surface area contributed by atoms with Gasteiger partial charge in [-0.1, -0.05) is 45.4 Å². The summed E-state index contributed by atoms with van der Waals surface area (Å²) in [5.41, 5.74) is -2.09. The molecule has 3 fully saturated rings. The van der Waals surface area contributed by atoms with Gasteiger partial charge in [0, 0.05) is 24.4 Å². The second-order valence-electron chi connectivity index (χ2n) is 14.8. The molecule has 288 valence electrons. The number of benzene rings is 2. The van der Waals surface area contributed by atoms with E-state index in [-0.39, 0.29) is 44.5 Å². The van der Waals surface area contributed by atoms with E-state index in [1.54, 1.807) is 26.8 Å². The zero-order valence-electron chi connectivity index (χ0n) is 29.3. The number of likely N-dealkylation sites (tertiary alicyclic amines) is 1. The van der Waals surface area contributed by atoms with Gasteiger partial charge in [-0.15, -0.1) is 0 Å². The molecule has 2 aromatic carbocycles. The molecule has 0 radical (unpaired) electrons. The third kappa shape index (κ3) is 7.85. The number of rotatable bonds is 11. The summed E-state index contributed by atoms with van der Waals surface area (Å²) in [6.45, 7) is 4.83. The highest BCUT2D eigenvalue weighted by molar-refractivity contribution is 7.91. The number of nitrogens with one attached hydrogen (secondary N) is 2. The molecule has 0 unspecified atom stereocenters. The van der Waals surface area contributed by atoms with Crippen LogP contribution in [0.3, 0.4) is 0 Å².